The number of ether oxygens (including phenoxy) is 2. The van der Waals surface area contributed by atoms with Gasteiger partial charge in [-0.05, 0) is 13.3 Å². The maximum atomic E-state index is 13.2. The molecule has 4 rings (SSSR count). The Labute approximate surface area is 151 Å². The lowest BCUT2D eigenvalue weighted by atomic mass is 9.66. The maximum Gasteiger partial charge on any atom is 0.276 e. The van der Waals surface area contributed by atoms with E-state index in [-0.39, 0.29) is 29.5 Å². The highest BCUT2D eigenvalue weighted by Crippen LogP contribution is 2.44. The van der Waals surface area contributed by atoms with Gasteiger partial charge < -0.3 is 19.5 Å². The Morgan fingerprint density at radius 1 is 1.36 bits per heavy atom. The maximum absolute atomic E-state index is 13.2. The molecule has 0 aliphatic carbocycles. The van der Waals surface area contributed by atoms with E-state index in [1.165, 1.54) is 0 Å². The van der Waals surface area contributed by atoms with Gasteiger partial charge in [-0.3, -0.25) is 9.48 Å². The third kappa shape index (κ3) is 2.60. The second-order valence-electron chi connectivity index (χ2n) is 7.38. The number of rotatable bonds is 1. The van der Waals surface area contributed by atoms with Crippen molar-refractivity contribution in [2.24, 2.45) is 18.9 Å². The Bertz CT molecular complexity index is 694. The number of carbonyl (C=O) groups excluding carboxylic acids is 1. The number of carbonyl (C=O) groups is 1. The number of hydrogen-bond acceptors (Lipinski definition) is 5. The van der Waals surface area contributed by atoms with E-state index in [2.05, 4.69) is 5.10 Å². The number of amides is 1. The molecule has 8 heteroatoms. The van der Waals surface area contributed by atoms with Crippen LogP contribution in [0.5, 0.6) is 0 Å². The third-order valence-corrected chi connectivity index (χ3v) is 6.63. The zero-order valence-corrected chi connectivity index (χ0v) is 15.3. The smallest absolute Gasteiger partial charge is 0.276 e. The van der Waals surface area contributed by atoms with Crippen molar-refractivity contribution in [2.45, 2.75) is 31.4 Å². The van der Waals surface area contributed by atoms with E-state index in [0.29, 0.717) is 44.4 Å². The van der Waals surface area contributed by atoms with E-state index >= 15 is 0 Å². The predicted octanol–water partition coefficient (Wildman–Crippen LogP) is 1.01. The van der Waals surface area contributed by atoms with Gasteiger partial charge in [-0.2, -0.15) is 5.10 Å². The summed E-state index contributed by atoms with van der Waals surface area (Å²) >= 11 is 6.34. The molecule has 0 radical (unpaired) electrons. The van der Waals surface area contributed by atoms with E-state index < -0.39 is 5.60 Å². The van der Waals surface area contributed by atoms with Gasteiger partial charge in [0.1, 0.15) is 0 Å². The normalized spacial score (nSPS) is 35.2. The predicted molar refractivity (Wildman–Crippen MR) is 90.6 cm³/mol. The lowest BCUT2D eigenvalue weighted by Gasteiger charge is -2.57. The zero-order chi connectivity index (χ0) is 17.8. The number of aliphatic hydroxyl groups is 1. The molecule has 3 aliphatic heterocycles. The Morgan fingerprint density at radius 3 is 2.84 bits per heavy atom. The van der Waals surface area contributed by atoms with Gasteiger partial charge in [-0.25, -0.2) is 0 Å². The largest absolute Gasteiger partial charge is 0.389 e. The summed E-state index contributed by atoms with van der Waals surface area (Å²) < 4.78 is 12.9. The summed E-state index contributed by atoms with van der Waals surface area (Å²) in [5.41, 5.74) is 0.223. The van der Waals surface area contributed by atoms with Gasteiger partial charge in [0, 0.05) is 51.1 Å². The van der Waals surface area contributed by atoms with Gasteiger partial charge in [-0.1, -0.05) is 11.6 Å². The van der Waals surface area contributed by atoms with Crippen molar-refractivity contribution >= 4 is 17.5 Å². The summed E-state index contributed by atoms with van der Waals surface area (Å²) in [7, 11) is 1.78. The van der Waals surface area contributed by atoms with Crippen LogP contribution in [-0.4, -0.2) is 70.3 Å². The average Bonchev–Trinajstić information content (AvgIpc) is 2.88. The molecule has 0 saturated carbocycles. The van der Waals surface area contributed by atoms with Crippen LogP contribution in [0.4, 0.5) is 0 Å². The first-order valence-electron chi connectivity index (χ1n) is 8.81. The first-order valence-corrected chi connectivity index (χ1v) is 9.19. The third-order valence-electron chi connectivity index (χ3n) is 6.18. The molecule has 1 aromatic rings. The van der Waals surface area contributed by atoms with Crippen molar-refractivity contribution in [3.63, 3.8) is 0 Å². The minimum Gasteiger partial charge on any atom is -0.389 e. The number of aryl methyl sites for hydroxylation is 1. The molecule has 138 valence electrons. The molecule has 0 unspecified atom stereocenters. The molecular formula is C17H24ClN3O4. The molecular weight excluding hydrogens is 346 g/mol. The summed E-state index contributed by atoms with van der Waals surface area (Å²) in [6, 6.07) is -0.0565. The number of likely N-dealkylation sites (tertiary alicyclic amines) is 1. The van der Waals surface area contributed by atoms with Crippen molar-refractivity contribution in [3.05, 3.63) is 16.4 Å². The number of halogens is 1. The van der Waals surface area contributed by atoms with Gasteiger partial charge in [-0.15, -0.1) is 0 Å². The van der Waals surface area contributed by atoms with Crippen LogP contribution in [0.15, 0.2) is 0 Å². The highest BCUT2D eigenvalue weighted by atomic mass is 35.5. The molecule has 4 heterocycles. The Hall–Kier alpha value is -1.15. The van der Waals surface area contributed by atoms with Crippen LogP contribution in [0.2, 0.25) is 5.02 Å². The van der Waals surface area contributed by atoms with Crippen molar-refractivity contribution < 1.29 is 19.4 Å². The lowest BCUT2D eigenvalue weighted by molar-refractivity contribution is -0.212. The Morgan fingerprint density at radius 2 is 2.12 bits per heavy atom. The average molecular weight is 370 g/mol. The first-order chi connectivity index (χ1) is 11.9. The fourth-order valence-electron chi connectivity index (χ4n) is 4.55. The summed E-state index contributed by atoms with van der Waals surface area (Å²) in [5, 5.41) is 16.0. The van der Waals surface area contributed by atoms with Crippen LogP contribution >= 0.6 is 11.6 Å². The fraction of sp³-hybridized carbons (Fsp3) is 0.765. The second kappa shape index (κ2) is 6.23. The van der Waals surface area contributed by atoms with Crippen molar-refractivity contribution in [1.29, 1.82) is 0 Å². The van der Waals surface area contributed by atoms with Gasteiger partial charge in [0.15, 0.2) is 5.69 Å². The van der Waals surface area contributed by atoms with Crippen LogP contribution in [0, 0.1) is 18.8 Å². The number of nitrogens with zero attached hydrogens (tertiary/aromatic N) is 3. The van der Waals surface area contributed by atoms with Crippen molar-refractivity contribution in [2.75, 3.05) is 33.0 Å². The monoisotopic (exact) mass is 369 g/mol. The highest BCUT2D eigenvalue weighted by molar-refractivity contribution is 6.34. The summed E-state index contributed by atoms with van der Waals surface area (Å²) in [6.45, 7) is 4.37. The minimum atomic E-state index is -0.829. The van der Waals surface area contributed by atoms with E-state index in [1.807, 2.05) is 11.8 Å². The molecule has 1 N–H and O–H groups in total. The molecule has 4 atom stereocenters. The van der Waals surface area contributed by atoms with Gasteiger partial charge in [0.05, 0.1) is 29.5 Å². The summed E-state index contributed by atoms with van der Waals surface area (Å²) in [6.07, 6.45) is 1.31. The van der Waals surface area contributed by atoms with Gasteiger partial charge in [0.2, 0.25) is 0 Å². The van der Waals surface area contributed by atoms with Crippen LogP contribution in [0.1, 0.15) is 29.0 Å². The molecule has 25 heavy (non-hydrogen) atoms. The van der Waals surface area contributed by atoms with Gasteiger partial charge in [0.25, 0.3) is 5.91 Å². The molecule has 3 fully saturated rings. The Kier molecular flexibility index (Phi) is 4.30. The van der Waals surface area contributed by atoms with Crippen molar-refractivity contribution in [1.82, 2.24) is 14.7 Å². The summed E-state index contributed by atoms with van der Waals surface area (Å²) in [5.74, 6) is -0.383. The highest BCUT2D eigenvalue weighted by Gasteiger charge is 2.56. The van der Waals surface area contributed by atoms with Crippen LogP contribution < -0.4 is 0 Å². The molecule has 0 aromatic carbocycles. The number of piperidine rings is 1. The molecule has 3 aliphatic rings. The molecule has 1 aromatic heterocycles. The lowest BCUT2D eigenvalue weighted by Crippen LogP contribution is -2.68. The number of fused-ring (bicyclic) bond motifs is 3. The van der Waals surface area contributed by atoms with E-state index in [0.717, 1.165) is 12.1 Å². The van der Waals surface area contributed by atoms with E-state index in [1.54, 1.807) is 11.7 Å². The molecule has 7 nitrogen and oxygen atoms in total. The van der Waals surface area contributed by atoms with Crippen molar-refractivity contribution in [3.8, 4) is 0 Å². The quantitative estimate of drug-likeness (QED) is 0.799. The molecule has 1 amide bonds. The minimum absolute atomic E-state index is 0.0565. The topological polar surface area (TPSA) is 76.8 Å². The van der Waals surface area contributed by atoms with Gasteiger partial charge >= 0.3 is 0 Å². The van der Waals surface area contributed by atoms with E-state index in [4.69, 9.17) is 21.1 Å². The van der Waals surface area contributed by atoms with Crippen LogP contribution in [-0.2, 0) is 16.5 Å². The molecule has 0 spiro atoms. The fourth-order valence-corrected chi connectivity index (χ4v) is 4.79. The summed E-state index contributed by atoms with van der Waals surface area (Å²) in [4.78, 5) is 15.1. The molecule has 0 bridgehead atoms. The SMILES string of the molecule is Cc1c(Cl)c(C(=O)N2C[C@H]3COCC[C@@]3(O)[C@@H]3COCC[C@@H]32)nn1C. The second-order valence-corrected chi connectivity index (χ2v) is 7.76. The zero-order valence-electron chi connectivity index (χ0n) is 14.6. The number of hydrogen-bond donors (Lipinski definition) is 1. The number of aromatic nitrogens is 2. The first kappa shape index (κ1) is 17.3. The van der Waals surface area contributed by atoms with Crippen LogP contribution in [0.3, 0.4) is 0 Å². The molecule has 3 saturated heterocycles. The standard InChI is InChI=1S/C17H24ClN3O4/c1-10-14(18)15(19-20(10)2)16(22)21-7-11-8-25-6-4-17(11,23)12-9-24-5-3-13(12)21/h11-13,23H,3-9H2,1-2H3/t11-,12+,13-,17-/m0/s1. The van der Waals surface area contributed by atoms with E-state index in [9.17, 15) is 9.90 Å². The Balaban J connectivity index is 1.69. The van der Waals surface area contributed by atoms with Crippen LogP contribution in [0.25, 0.3) is 0 Å².